The van der Waals surface area contributed by atoms with Crippen LogP contribution in [0.1, 0.15) is 18.1 Å². The molecule has 0 bridgehead atoms. The standard InChI is InChI=1S/C24H26N8O3/c1-14-9-15-10-19(33-2)20(34-3)11-16(15)13-30(14)6-7-31-22-17(12-26-31)23-27-21(18-5-4-8-35-18)29-32(23)24(25)28-22/h4-5,8,10-12,14H,6-7,9,13H2,1-3H3,(H2,25,28). The molecule has 0 aliphatic carbocycles. The lowest BCUT2D eigenvalue weighted by Crippen LogP contribution is -2.40. The predicted octanol–water partition coefficient (Wildman–Crippen LogP) is 2.78. The number of nitrogen functional groups attached to an aromatic ring is 1. The highest BCUT2D eigenvalue weighted by Crippen LogP contribution is 2.34. The number of aromatic nitrogens is 6. The van der Waals surface area contributed by atoms with E-state index in [1.807, 2.05) is 10.7 Å². The first-order chi connectivity index (χ1) is 17.1. The van der Waals surface area contributed by atoms with Crippen LogP contribution in [-0.4, -0.2) is 61.1 Å². The number of hydrogen-bond acceptors (Lipinski definition) is 9. The first kappa shape index (κ1) is 21.4. The monoisotopic (exact) mass is 474 g/mol. The number of furan rings is 1. The van der Waals surface area contributed by atoms with Gasteiger partial charge in [0.2, 0.25) is 11.8 Å². The normalized spacial score (nSPS) is 16.1. The number of nitrogens with zero attached hydrogens (tertiary/aromatic N) is 7. The van der Waals surface area contributed by atoms with Crippen LogP contribution in [0.15, 0.2) is 41.1 Å². The van der Waals surface area contributed by atoms with E-state index >= 15 is 0 Å². The molecule has 2 N–H and O–H groups in total. The predicted molar refractivity (Wildman–Crippen MR) is 129 cm³/mol. The molecule has 6 rings (SSSR count). The van der Waals surface area contributed by atoms with Crippen molar-refractivity contribution < 1.29 is 13.9 Å². The Morgan fingerprint density at radius 2 is 1.89 bits per heavy atom. The molecule has 0 spiro atoms. The van der Waals surface area contributed by atoms with Crippen LogP contribution in [0.5, 0.6) is 11.5 Å². The number of methoxy groups -OCH3 is 2. The quantitative estimate of drug-likeness (QED) is 0.396. The molecular weight excluding hydrogens is 448 g/mol. The summed E-state index contributed by atoms with van der Waals surface area (Å²) in [6.45, 7) is 4.54. The molecule has 5 aromatic rings. The highest BCUT2D eigenvalue weighted by molar-refractivity contribution is 5.90. The van der Waals surface area contributed by atoms with Gasteiger partial charge < -0.3 is 19.6 Å². The first-order valence-electron chi connectivity index (χ1n) is 11.4. The van der Waals surface area contributed by atoms with Crippen LogP contribution in [0.25, 0.3) is 28.3 Å². The molecule has 0 radical (unpaired) electrons. The summed E-state index contributed by atoms with van der Waals surface area (Å²) in [4.78, 5) is 11.6. The molecule has 11 heteroatoms. The van der Waals surface area contributed by atoms with E-state index in [9.17, 15) is 0 Å². The molecule has 35 heavy (non-hydrogen) atoms. The van der Waals surface area contributed by atoms with Gasteiger partial charge in [-0.3, -0.25) is 4.90 Å². The topological polar surface area (TPSA) is 122 Å². The molecule has 1 aliphatic heterocycles. The average Bonchev–Trinajstić information content (AvgIpc) is 3.61. The molecule has 180 valence electrons. The van der Waals surface area contributed by atoms with E-state index in [4.69, 9.17) is 19.6 Å². The number of ether oxygens (including phenoxy) is 2. The van der Waals surface area contributed by atoms with Crippen molar-refractivity contribution in [3.05, 3.63) is 47.9 Å². The number of fused-ring (bicyclic) bond motifs is 4. The Morgan fingerprint density at radius 3 is 2.63 bits per heavy atom. The lowest BCUT2D eigenvalue weighted by atomic mass is 9.94. The molecule has 1 aromatic carbocycles. The van der Waals surface area contributed by atoms with Crippen molar-refractivity contribution in [3.63, 3.8) is 0 Å². The summed E-state index contributed by atoms with van der Waals surface area (Å²) in [6.07, 6.45) is 4.29. The van der Waals surface area contributed by atoms with Crippen molar-refractivity contribution >= 4 is 22.6 Å². The lowest BCUT2D eigenvalue weighted by Gasteiger charge is -2.35. The van der Waals surface area contributed by atoms with Gasteiger partial charge in [0.25, 0.3) is 0 Å². The number of rotatable bonds is 6. The van der Waals surface area contributed by atoms with E-state index in [0.717, 1.165) is 36.4 Å². The van der Waals surface area contributed by atoms with E-state index in [2.05, 4.69) is 44.1 Å². The third kappa shape index (κ3) is 3.55. The zero-order valence-corrected chi connectivity index (χ0v) is 19.8. The molecule has 0 amide bonds. The Kier molecular flexibility index (Phi) is 5.06. The zero-order valence-electron chi connectivity index (χ0n) is 19.8. The number of nitrogens with two attached hydrogens (primary N) is 1. The smallest absolute Gasteiger partial charge is 0.225 e. The van der Waals surface area contributed by atoms with Crippen molar-refractivity contribution in [1.29, 1.82) is 0 Å². The third-order valence-corrected chi connectivity index (χ3v) is 6.66. The minimum absolute atomic E-state index is 0.251. The molecule has 4 aromatic heterocycles. The number of anilines is 1. The van der Waals surface area contributed by atoms with Crippen molar-refractivity contribution in [2.75, 3.05) is 26.5 Å². The molecule has 0 saturated heterocycles. The molecule has 5 heterocycles. The fourth-order valence-electron chi connectivity index (χ4n) is 4.78. The van der Waals surface area contributed by atoms with Gasteiger partial charge in [-0.2, -0.15) is 14.6 Å². The van der Waals surface area contributed by atoms with Crippen molar-refractivity contribution in [3.8, 4) is 23.1 Å². The minimum Gasteiger partial charge on any atom is -0.493 e. The van der Waals surface area contributed by atoms with Crippen LogP contribution in [-0.2, 0) is 19.5 Å². The van der Waals surface area contributed by atoms with Gasteiger partial charge in [-0.15, -0.1) is 5.10 Å². The second kappa shape index (κ2) is 8.27. The Hall–Kier alpha value is -4.12. The first-order valence-corrected chi connectivity index (χ1v) is 11.4. The molecule has 1 atom stereocenters. The summed E-state index contributed by atoms with van der Waals surface area (Å²) in [5.74, 6) is 2.80. The van der Waals surface area contributed by atoms with Gasteiger partial charge in [-0.05, 0) is 48.7 Å². The molecule has 1 aliphatic rings. The average molecular weight is 475 g/mol. The van der Waals surface area contributed by atoms with E-state index in [1.165, 1.54) is 15.6 Å². The van der Waals surface area contributed by atoms with E-state index in [0.29, 0.717) is 35.5 Å². The summed E-state index contributed by atoms with van der Waals surface area (Å²) in [7, 11) is 3.34. The van der Waals surface area contributed by atoms with Crippen molar-refractivity contribution in [1.82, 2.24) is 34.3 Å². The largest absolute Gasteiger partial charge is 0.493 e. The van der Waals surface area contributed by atoms with Gasteiger partial charge in [-0.1, -0.05) is 0 Å². The van der Waals surface area contributed by atoms with E-state index in [-0.39, 0.29) is 5.95 Å². The van der Waals surface area contributed by atoms with Crippen LogP contribution in [0, 0.1) is 0 Å². The highest BCUT2D eigenvalue weighted by Gasteiger charge is 2.25. The summed E-state index contributed by atoms with van der Waals surface area (Å²) in [5.41, 5.74) is 10.1. The van der Waals surface area contributed by atoms with Crippen LogP contribution in [0.4, 0.5) is 5.95 Å². The van der Waals surface area contributed by atoms with Crippen LogP contribution in [0.3, 0.4) is 0 Å². The maximum absolute atomic E-state index is 6.23. The van der Waals surface area contributed by atoms with Gasteiger partial charge in [0.15, 0.2) is 28.6 Å². The highest BCUT2D eigenvalue weighted by atomic mass is 16.5. The van der Waals surface area contributed by atoms with Gasteiger partial charge in [0.05, 0.1) is 38.6 Å². The Morgan fingerprint density at radius 1 is 1.09 bits per heavy atom. The van der Waals surface area contributed by atoms with Crippen LogP contribution >= 0.6 is 0 Å². The molecule has 11 nitrogen and oxygen atoms in total. The summed E-state index contributed by atoms with van der Waals surface area (Å²) >= 11 is 0. The van der Waals surface area contributed by atoms with Crippen LogP contribution in [0.2, 0.25) is 0 Å². The Bertz CT molecular complexity index is 1520. The van der Waals surface area contributed by atoms with Gasteiger partial charge in [0, 0.05) is 19.1 Å². The van der Waals surface area contributed by atoms with Crippen molar-refractivity contribution in [2.45, 2.75) is 32.5 Å². The summed E-state index contributed by atoms with van der Waals surface area (Å²) < 4.78 is 19.8. The SMILES string of the molecule is COc1cc2c(cc1OC)CN(CCn1ncc3c1nc(N)n1nc(-c4ccco4)nc31)C(C)C2. The molecule has 0 saturated carbocycles. The van der Waals surface area contributed by atoms with E-state index < -0.39 is 0 Å². The molecular formula is C24H26N8O3. The maximum atomic E-state index is 6.23. The maximum Gasteiger partial charge on any atom is 0.225 e. The molecule has 0 fully saturated rings. The second-order valence-corrected chi connectivity index (χ2v) is 8.72. The number of hydrogen-bond donors (Lipinski definition) is 1. The van der Waals surface area contributed by atoms with E-state index in [1.54, 1.807) is 32.7 Å². The Balaban J connectivity index is 1.27. The Labute approximate surface area is 201 Å². The van der Waals surface area contributed by atoms with Gasteiger partial charge in [0.1, 0.15) is 0 Å². The minimum atomic E-state index is 0.251. The lowest BCUT2D eigenvalue weighted by molar-refractivity contribution is 0.175. The number of benzene rings is 1. The fourth-order valence-corrected chi connectivity index (χ4v) is 4.78. The van der Waals surface area contributed by atoms with Crippen LogP contribution < -0.4 is 15.2 Å². The molecule has 1 unspecified atom stereocenters. The van der Waals surface area contributed by atoms with Gasteiger partial charge >= 0.3 is 0 Å². The second-order valence-electron chi connectivity index (χ2n) is 8.72. The van der Waals surface area contributed by atoms with Crippen molar-refractivity contribution in [2.24, 2.45) is 0 Å². The van der Waals surface area contributed by atoms with Gasteiger partial charge in [-0.25, -0.2) is 9.67 Å². The zero-order chi connectivity index (χ0) is 24.1. The summed E-state index contributed by atoms with van der Waals surface area (Å²) in [5, 5.41) is 9.83. The third-order valence-electron chi connectivity index (χ3n) is 6.66. The fraction of sp³-hybridized carbons (Fsp3) is 0.333. The summed E-state index contributed by atoms with van der Waals surface area (Å²) in [6, 6.07) is 8.15.